The predicted molar refractivity (Wildman–Crippen MR) is 344 cm³/mol. The van der Waals surface area contributed by atoms with Crippen LogP contribution in [-0.4, -0.2) is 191 Å². The first-order valence-corrected chi connectivity index (χ1v) is 31.9. The Balaban J connectivity index is 1.23. The smallest absolute Gasteiger partial charge is 0.330 e. The van der Waals surface area contributed by atoms with Gasteiger partial charge in [0.15, 0.2) is 29.9 Å². The number of aromatic hydroxyl groups is 3. The van der Waals surface area contributed by atoms with Crippen LogP contribution in [0.4, 0.5) is 0 Å². The molecule has 34 heteroatoms. The van der Waals surface area contributed by atoms with Gasteiger partial charge >= 0.3 is 5.97 Å². The molecule has 7 amide bonds. The summed E-state index contributed by atoms with van der Waals surface area (Å²) in [5.74, 6) is -15.4. The third kappa shape index (κ3) is 15.4. The van der Waals surface area contributed by atoms with Gasteiger partial charge < -0.3 is 128 Å². The first-order chi connectivity index (χ1) is 47.2. The standard InChI is InChI=1S/C66H76ClN9O24/c1-24(2)14-35(70-5)58(87)75-49-51(82)26-6-10-31(11-7-26)96-40-17-29-18-41(55(40)100-65-56(54(85)53(84)42(23-77)98-65)99-44-22-66(4,69)57(86)25(3)95-44)97-39-13-9-28(16-34(39)67)52(83)50-63(92)74-48(64(93)94)33-19-30(78)20-38(80)45(33)32-15-27(8-12-37(32)79)46(60(89)76-50)73-61(90)47(29)72-59(88)36(21-43(68)81)71-62(49)91/h6-13,15-20,24-25,35-36,42,44,46-54,56-57,65,70,77-80,82-86H,14,21-23,69H2,1-5H3,(H2,68,81)(H,71,91)(H,72,88)(H,73,90)(H,74,92)(H,75,87)(H,76,89)(H,93,94)/t25-,35+,36-,42+,44-,46+,47+,48-,49+,50-,51+,52+,53+,54-,56+,57+,65-,66-/m0/s1. The van der Waals surface area contributed by atoms with Gasteiger partial charge in [-0.25, -0.2) is 4.79 Å². The van der Waals surface area contributed by atoms with Crippen LogP contribution in [0.2, 0.25) is 5.02 Å². The molecular formula is C66H76ClN9O24. The second kappa shape index (κ2) is 29.8. The van der Waals surface area contributed by atoms with Gasteiger partial charge in [-0.2, -0.15) is 0 Å². The molecule has 7 aliphatic rings. The van der Waals surface area contributed by atoms with Crippen molar-refractivity contribution in [3.05, 3.63) is 118 Å². The summed E-state index contributed by atoms with van der Waals surface area (Å²) in [7, 11) is 1.49. The SMILES string of the molecule is CN[C@H](CC(C)C)C(=O)N[C@H]1C(=O)N[C@@H](CC(N)=O)C(=O)N[C@H]2C(=O)N[C@H]3C(=O)N[C@H](C(=O)N[C@H](C(=O)O)c4cc(O)cc(O)c4-c4cc3ccc4O)[C@H](O)c3ccc(c(Cl)c3)Oc3cc2cc(c3O[C@@H]2O[C@H](CO)[C@@H](O)[C@H](O)[C@H]2O[C@H]2C[C@](C)(N)[C@H](O)[C@H](C)O2)Oc2ccc(cc2)[C@H]1O. The number of likely N-dealkylation sites (N-methyl/N-ethyl adjacent to an activating group) is 1. The number of hydrogen-bond donors (Lipinski definition) is 19. The number of fused-ring (bicyclic) bond motifs is 15. The molecule has 11 bridgehead atoms. The van der Waals surface area contributed by atoms with E-state index in [9.17, 15) is 75.0 Å². The maximum atomic E-state index is 16.0. The zero-order chi connectivity index (χ0) is 72.7. The molecule has 7 heterocycles. The number of aliphatic hydroxyl groups excluding tert-OH is 6. The van der Waals surface area contributed by atoms with Crippen LogP contribution in [0.25, 0.3) is 11.1 Å². The zero-order valence-electron chi connectivity index (χ0n) is 54.0. The molecule has 5 aromatic rings. The first kappa shape index (κ1) is 73.2. The van der Waals surface area contributed by atoms with E-state index in [0.29, 0.717) is 0 Å². The molecule has 12 rings (SSSR count). The number of primary amides is 1. The van der Waals surface area contributed by atoms with Gasteiger partial charge in [0.05, 0.1) is 36.3 Å². The van der Waals surface area contributed by atoms with Crippen molar-refractivity contribution >= 4 is 58.9 Å². The number of phenols is 3. The van der Waals surface area contributed by atoms with E-state index in [1.54, 1.807) is 0 Å². The number of nitrogens with two attached hydrogens (primary N) is 2. The fourth-order valence-electron chi connectivity index (χ4n) is 12.5. The number of amides is 7. The topological polar surface area (TPSA) is 530 Å². The van der Waals surface area contributed by atoms with Crippen LogP contribution < -0.4 is 62.9 Å². The highest BCUT2D eigenvalue weighted by Crippen LogP contribution is 2.49. The number of hydrogen-bond acceptors (Lipinski definition) is 25. The molecule has 0 spiro atoms. The highest BCUT2D eigenvalue weighted by Gasteiger charge is 2.51. The number of nitrogens with one attached hydrogen (secondary N) is 7. The Kier molecular flexibility index (Phi) is 21.8. The number of carbonyl (C=O) groups excluding carboxylic acids is 7. The maximum absolute atomic E-state index is 16.0. The summed E-state index contributed by atoms with van der Waals surface area (Å²) in [4.78, 5) is 117. The quantitative estimate of drug-likeness (QED) is 0.0703. The Hall–Kier alpha value is -9.49. The lowest BCUT2D eigenvalue weighted by molar-refractivity contribution is -0.333. The van der Waals surface area contributed by atoms with Crippen LogP contribution in [0, 0.1) is 5.92 Å². The number of benzene rings is 5. The van der Waals surface area contributed by atoms with Crippen molar-refractivity contribution in [2.24, 2.45) is 17.4 Å². The Morgan fingerprint density at radius 1 is 0.730 bits per heavy atom. The minimum atomic E-state index is -2.31. The van der Waals surface area contributed by atoms with Crippen molar-refractivity contribution in [1.82, 2.24) is 37.2 Å². The van der Waals surface area contributed by atoms with Crippen molar-refractivity contribution < 1.29 is 118 Å². The number of ether oxygens (including phenoxy) is 6. The molecule has 33 nitrogen and oxygen atoms in total. The number of phenolic OH excluding ortho intramolecular Hbond substituents is 3. The highest BCUT2D eigenvalue weighted by molar-refractivity contribution is 6.32. The van der Waals surface area contributed by atoms with Crippen LogP contribution in [0.15, 0.2) is 84.9 Å². The molecule has 0 aliphatic carbocycles. The Labute approximate surface area is 574 Å². The molecule has 18 atom stereocenters. The average molecular weight is 1410 g/mol. The van der Waals surface area contributed by atoms with E-state index in [-0.39, 0.29) is 46.9 Å². The monoisotopic (exact) mass is 1410 g/mol. The molecule has 0 radical (unpaired) electrons. The summed E-state index contributed by atoms with van der Waals surface area (Å²) < 4.78 is 38.3. The molecule has 0 unspecified atom stereocenters. The van der Waals surface area contributed by atoms with E-state index in [1.807, 2.05) is 13.8 Å². The molecule has 21 N–H and O–H groups in total. The minimum Gasteiger partial charge on any atom is -0.508 e. The number of halogens is 1. The van der Waals surface area contributed by atoms with Gasteiger partial charge in [0.2, 0.25) is 53.4 Å². The van der Waals surface area contributed by atoms with Crippen LogP contribution in [0.5, 0.6) is 46.0 Å². The molecule has 7 aliphatic heterocycles. The second-order valence-electron chi connectivity index (χ2n) is 25.6. The molecule has 5 aromatic carbocycles. The van der Waals surface area contributed by atoms with Crippen molar-refractivity contribution in [3.8, 4) is 57.1 Å². The minimum absolute atomic E-state index is 0.0465. The van der Waals surface area contributed by atoms with Crippen LogP contribution in [0.3, 0.4) is 0 Å². The lowest BCUT2D eigenvalue weighted by atomic mass is 9.86. The van der Waals surface area contributed by atoms with Crippen LogP contribution >= 0.6 is 11.6 Å². The van der Waals surface area contributed by atoms with Crippen molar-refractivity contribution in [2.75, 3.05) is 13.7 Å². The largest absolute Gasteiger partial charge is 0.508 e. The summed E-state index contributed by atoms with van der Waals surface area (Å²) in [6.45, 7) is 5.72. The molecule has 2 fully saturated rings. The van der Waals surface area contributed by atoms with E-state index in [4.69, 9.17) is 51.5 Å². The van der Waals surface area contributed by atoms with Crippen molar-refractivity contribution in [3.63, 3.8) is 0 Å². The number of carboxylic acids is 1. The highest BCUT2D eigenvalue weighted by atomic mass is 35.5. The average Bonchev–Trinajstić information content (AvgIpc) is 0.769. The Morgan fingerprint density at radius 3 is 2.02 bits per heavy atom. The van der Waals surface area contributed by atoms with Crippen LogP contribution in [-0.2, 0) is 52.6 Å². The van der Waals surface area contributed by atoms with Gasteiger partial charge in [-0.1, -0.05) is 49.7 Å². The van der Waals surface area contributed by atoms with Crippen molar-refractivity contribution in [2.45, 2.75) is 156 Å². The Morgan fingerprint density at radius 2 is 1.38 bits per heavy atom. The van der Waals surface area contributed by atoms with E-state index in [0.717, 1.165) is 60.7 Å². The van der Waals surface area contributed by atoms with Gasteiger partial charge in [-0.3, -0.25) is 33.6 Å². The summed E-state index contributed by atoms with van der Waals surface area (Å²) in [5.41, 5.74) is 8.23. The number of aliphatic carboxylic acids is 1. The van der Waals surface area contributed by atoms with Gasteiger partial charge in [0.25, 0.3) is 0 Å². The molecule has 100 heavy (non-hydrogen) atoms. The second-order valence-corrected chi connectivity index (χ2v) is 26.0. The van der Waals surface area contributed by atoms with E-state index < -0.39 is 231 Å². The van der Waals surface area contributed by atoms with Crippen molar-refractivity contribution in [1.29, 1.82) is 0 Å². The lowest BCUT2D eigenvalue weighted by Crippen LogP contribution is -2.64. The number of rotatable bonds is 13. The van der Waals surface area contributed by atoms with E-state index >= 15 is 14.4 Å². The lowest BCUT2D eigenvalue weighted by Gasteiger charge is -2.47. The predicted octanol–water partition coefficient (Wildman–Crippen LogP) is -0.547. The zero-order valence-corrected chi connectivity index (χ0v) is 54.8. The first-order valence-electron chi connectivity index (χ1n) is 31.5. The third-order valence-electron chi connectivity index (χ3n) is 17.7. The van der Waals surface area contributed by atoms with E-state index in [2.05, 4.69) is 37.2 Å². The van der Waals surface area contributed by atoms with Gasteiger partial charge in [-0.15, -0.1) is 0 Å². The van der Waals surface area contributed by atoms with Gasteiger partial charge in [0, 0.05) is 34.7 Å². The summed E-state index contributed by atoms with van der Waals surface area (Å²) in [5, 5.41) is 131. The number of carbonyl (C=O) groups is 8. The van der Waals surface area contributed by atoms with Crippen LogP contribution in [0.1, 0.15) is 105 Å². The fraction of sp³-hybridized carbons (Fsp3) is 0.424. The maximum Gasteiger partial charge on any atom is 0.330 e. The van der Waals surface area contributed by atoms with E-state index in [1.165, 1.54) is 45.2 Å². The summed E-state index contributed by atoms with van der Waals surface area (Å²) >= 11 is 7.04. The fourth-order valence-corrected chi connectivity index (χ4v) is 12.7. The molecular weight excluding hydrogens is 1340 g/mol. The third-order valence-corrected chi connectivity index (χ3v) is 18.0. The summed E-state index contributed by atoms with van der Waals surface area (Å²) in [6.07, 6.45) is -18.2. The molecule has 536 valence electrons. The number of aliphatic hydroxyl groups is 6. The normalized spacial score (nSPS) is 29.6. The molecule has 0 saturated carbocycles. The molecule has 2 saturated heterocycles. The van der Waals surface area contributed by atoms with Gasteiger partial charge in [0.1, 0.15) is 89.5 Å². The molecule has 0 aromatic heterocycles. The number of carboxylic acid groups (broad SMARTS) is 1. The Bertz CT molecular complexity index is 4000. The summed E-state index contributed by atoms with van der Waals surface area (Å²) in [6, 6.07) is 1.27. The van der Waals surface area contributed by atoms with Gasteiger partial charge in [-0.05, 0) is 110 Å².